The summed E-state index contributed by atoms with van der Waals surface area (Å²) in [7, 11) is 0. The number of aryl methyl sites for hydroxylation is 1. The van der Waals surface area contributed by atoms with Crippen LogP contribution in [-0.2, 0) is 6.54 Å². The number of benzene rings is 1. The molecule has 1 aromatic heterocycles. The summed E-state index contributed by atoms with van der Waals surface area (Å²) >= 11 is 3.53. The van der Waals surface area contributed by atoms with Crippen LogP contribution < -0.4 is 5.32 Å². The second-order valence-electron chi connectivity index (χ2n) is 4.12. The average Bonchev–Trinajstić information content (AvgIpc) is 2.70. The fourth-order valence-corrected chi connectivity index (χ4v) is 2.06. The van der Waals surface area contributed by atoms with Gasteiger partial charge in [0.2, 0.25) is 0 Å². The molecule has 0 atom stereocenters. The van der Waals surface area contributed by atoms with Crippen molar-refractivity contribution in [3.05, 3.63) is 46.2 Å². The van der Waals surface area contributed by atoms with Crippen molar-refractivity contribution in [3.63, 3.8) is 0 Å². The molecule has 0 radical (unpaired) electrons. The molecule has 0 aliphatic heterocycles. The highest BCUT2D eigenvalue weighted by atomic mass is 79.9. The summed E-state index contributed by atoms with van der Waals surface area (Å²) in [6.45, 7) is 5.90. The number of aromatic nitrogens is 2. The van der Waals surface area contributed by atoms with Gasteiger partial charge in [0.1, 0.15) is 0 Å². The molecule has 1 aromatic carbocycles. The van der Waals surface area contributed by atoms with E-state index in [1.165, 1.54) is 16.8 Å². The number of nitrogens with one attached hydrogen (secondary N) is 1. The molecule has 0 saturated carbocycles. The summed E-state index contributed by atoms with van der Waals surface area (Å²) in [4.78, 5) is 0. The molecule has 0 fully saturated rings. The minimum absolute atomic E-state index is 0.873. The van der Waals surface area contributed by atoms with Crippen LogP contribution in [0.3, 0.4) is 0 Å². The van der Waals surface area contributed by atoms with Gasteiger partial charge in [-0.25, -0.2) is 0 Å². The van der Waals surface area contributed by atoms with Crippen LogP contribution >= 0.6 is 15.9 Å². The van der Waals surface area contributed by atoms with Crippen molar-refractivity contribution < 1.29 is 0 Å². The standard InChI is InChI=1S/C13H16BrN3/c1-10-8-16-17(9-10)7-6-15-13-5-3-4-12(14)11(13)2/h3-5,8-9,15H,6-7H2,1-2H3. The SMILES string of the molecule is Cc1cnn(CCNc2cccc(Br)c2C)c1. The van der Waals surface area contributed by atoms with Crippen molar-refractivity contribution in [2.75, 3.05) is 11.9 Å². The van der Waals surface area contributed by atoms with Gasteiger partial charge in [-0.05, 0) is 37.1 Å². The Labute approximate surface area is 110 Å². The van der Waals surface area contributed by atoms with Gasteiger partial charge in [0.05, 0.1) is 12.7 Å². The summed E-state index contributed by atoms with van der Waals surface area (Å²) in [5, 5.41) is 7.68. The minimum atomic E-state index is 0.873. The smallest absolute Gasteiger partial charge is 0.0582 e. The van der Waals surface area contributed by atoms with E-state index in [9.17, 15) is 0 Å². The number of nitrogens with zero attached hydrogens (tertiary/aromatic N) is 2. The first-order valence-corrected chi connectivity index (χ1v) is 6.44. The Morgan fingerprint density at radius 2 is 2.18 bits per heavy atom. The van der Waals surface area contributed by atoms with Gasteiger partial charge in [0, 0.05) is 22.9 Å². The van der Waals surface area contributed by atoms with Gasteiger partial charge >= 0.3 is 0 Å². The van der Waals surface area contributed by atoms with Gasteiger partial charge in [-0.3, -0.25) is 4.68 Å². The van der Waals surface area contributed by atoms with Crippen LogP contribution in [0.15, 0.2) is 35.1 Å². The van der Waals surface area contributed by atoms with Crippen LogP contribution in [0.2, 0.25) is 0 Å². The Kier molecular flexibility index (Phi) is 3.84. The first-order chi connectivity index (χ1) is 8.16. The van der Waals surface area contributed by atoms with E-state index in [0.717, 1.165) is 17.6 Å². The molecule has 17 heavy (non-hydrogen) atoms. The Balaban J connectivity index is 1.92. The molecule has 2 aromatic rings. The highest BCUT2D eigenvalue weighted by Crippen LogP contribution is 2.23. The van der Waals surface area contributed by atoms with Crippen LogP contribution in [0.5, 0.6) is 0 Å². The molecule has 0 spiro atoms. The molecule has 0 unspecified atom stereocenters. The zero-order chi connectivity index (χ0) is 12.3. The molecule has 1 N–H and O–H groups in total. The van der Waals surface area contributed by atoms with E-state index in [-0.39, 0.29) is 0 Å². The fourth-order valence-electron chi connectivity index (χ4n) is 1.69. The Morgan fingerprint density at radius 1 is 1.35 bits per heavy atom. The van der Waals surface area contributed by atoms with Crippen LogP contribution in [-0.4, -0.2) is 16.3 Å². The topological polar surface area (TPSA) is 29.9 Å². The fraction of sp³-hybridized carbons (Fsp3) is 0.308. The third-order valence-electron chi connectivity index (χ3n) is 2.69. The molecule has 4 heteroatoms. The lowest BCUT2D eigenvalue weighted by molar-refractivity contribution is 0.637. The third kappa shape index (κ3) is 3.09. The van der Waals surface area contributed by atoms with E-state index in [2.05, 4.69) is 58.5 Å². The summed E-state index contributed by atoms with van der Waals surface area (Å²) in [5.41, 5.74) is 3.61. The molecule has 0 aliphatic carbocycles. The molecule has 0 aliphatic rings. The lowest BCUT2D eigenvalue weighted by Crippen LogP contribution is -2.11. The van der Waals surface area contributed by atoms with Crippen molar-refractivity contribution in [2.45, 2.75) is 20.4 Å². The maximum Gasteiger partial charge on any atom is 0.0582 e. The highest BCUT2D eigenvalue weighted by molar-refractivity contribution is 9.10. The molecule has 0 bridgehead atoms. The molecule has 90 valence electrons. The zero-order valence-electron chi connectivity index (χ0n) is 10.1. The second kappa shape index (κ2) is 5.36. The van der Waals surface area contributed by atoms with E-state index >= 15 is 0 Å². The number of hydrogen-bond donors (Lipinski definition) is 1. The second-order valence-corrected chi connectivity index (χ2v) is 4.97. The molecule has 2 rings (SSSR count). The highest BCUT2D eigenvalue weighted by Gasteiger charge is 2.00. The van der Waals surface area contributed by atoms with Crippen molar-refractivity contribution in [1.29, 1.82) is 0 Å². The monoisotopic (exact) mass is 293 g/mol. The Bertz CT molecular complexity index is 505. The predicted octanol–water partition coefficient (Wildman–Crippen LogP) is 3.37. The number of anilines is 1. The maximum absolute atomic E-state index is 4.25. The van der Waals surface area contributed by atoms with Gasteiger partial charge in [0.15, 0.2) is 0 Å². The Hall–Kier alpha value is -1.29. The first-order valence-electron chi connectivity index (χ1n) is 5.65. The molecular weight excluding hydrogens is 278 g/mol. The van der Waals surface area contributed by atoms with Crippen molar-refractivity contribution in [1.82, 2.24) is 9.78 Å². The van der Waals surface area contributed by atoms with Crippen LogP contribution in [0.1, 0.15) is 11.1 Å². The van der Waals surface area contributed by atoms with Crippen LogP contribution in [0, 0.1) is 13.8 Å². The van der Waals surface area contributed by atoms with E-state index in [1.54, 1.807) is 0 Å². The zero-order valence-corrected chi connectivity index (χ0v) is 11.7. The Morgan fingerprint density at radius 3 is 2.88 bits per heavy atom. The van der Waals surface area contributed by atoms with Crippen molar-refractivity contribution in [3.8, 4) is 0 Å². The predicted molar refractivity (Wildman–Crippen MR) is 74.3 cm³/mol. The third-order valence-corrected chi connectivity index (χ3v) is 3.55. The van der Waals surface area contributed by atoms with Crippen molar-refractivity contribution in [2.24, 2.45) is 0 Å². The van der Waals surface area contributed by atoms with E-state index in [0.29, 0.717) is 0 Å². The van der Waals surface area contributed by atoms with E-state index in [4.69, 9.17) is 0 Å². The molecule has 1 heterocycles. The van der Waals surface area contributed by atoms with Crippen LogP contribution in [0.25, 0.3) is 0 Å². The van der Waals surface area contributed by atoms with Gasteiger partial charge in [-0.1, -0.05) is 22.0 Å². The lowest BCUT2D eigenvalue weighted by Gasteiger charge is -2.10. The molecule has 3 nitrogen and oxygen atoms in total. The summed E-state index contributed by atoms with van der Waals surface area (Å²) in [6.07, 6.45) is 3.93. The first kappa shape index (κ1) is 12.2. The number of rotatable bonds is 4. The molecule has 0 amide bonds. The summed E-state index contributed by atoms with van der Waals surface area (Å²) < 4.78 is 3.09. The largest absolute Gasteiger partial charge is 0.383 e. The quantitative estimate of drug-likeness (QED) is 0.937. The number of hydrogen-bond acceptors (Lipinski definition) is 2. The van der Waals surface area contributed by atoms with Gasteiger partial charge < -0.3 is 5.32 Å². The van der Waals surface area contributed by atoms with Crippen LogP contribution in [0.4, 0.5) is 5.69 Å². The average molecular weight is 294 g/mol. The number of halogens is 1. The van der Waals surface area contributed by atoms with Gasteiger partial charge in [0.25, 0.3) is 0 Å². The van der Waals surface area contributed by atoms with Gasteiger partial charge in [-0.2, -0.15) is 5.10 Å². The molecular formula is C13H16BrN3. The molecule has 0 saturated heterocycles. The summed E-state index contributed by atoms with van der Waals surface area (Å²) in [6, 6.07) is 6.18. The van der Waals surface area contributed by atoms with E-state index in [1.807, 2.05) is 16.9 Å². The minimum Gasteiger partial charge on any atom is -0.383 e. The maximum atomic E-state index is 4.25. The normalized spacial score (nSPS) is 10.5. The van der Waals surface area contributed by atoms with Gasteiger partial charge in [-0.15, -0.1) is 0 Å². The van der Waals surface area contributed by atoms with E-state index < -0.39 is 0 Å². The van der Waals surface area contributed by atoms with Crippen molar-refractivity contribution >= 4 is 21.6 Å². The summed E-state index contributed by atoms with van der Waals surface area (Å²) in [5.74, 6) is 0. The lowest BCUT2D eigenvalue weighted by atomic mass is 10.2.